The number of H-pyrrole nitrogens is 1. The summed E-state index contributed by atoms with van der Waals surface area (Å²) in [5.41, 5.74) is 1.24. The summed E-state index contributed by atoms with van der Waals surface area (Å²) < 4.78 is 5.94. The molecular formula is C14H22N2O2. The van der Waals surface area contributed by atoms with Crippen LogP contribution in [0.15, 0.2) is 4.79 Å². The lowest BCUT2D eigenvalue weighted by atomic mass is 10.0. The van der Waals surface area contributed by atoms with E-state index in [0.717, 1.165) is 49.2 Å². The molecule has 0 spiro atoms. The molecule has 1 aromatic rings. The van der Waals surface area contributed by atoms with Crippen LogP contribution in [-0.2, 0) is 16.8 Å². The Kier molecular flexibility index (Phi) is 3.85. The van der Waals surface area contributed by atoms with Crippen molar-refractivity contribution in [1.29, 1.82) is 0 Å². The van der Waals surface area contributed by atoms with E-state index in [0.29, 0.717) is 6.61 Å². The van der Waals surface area contributed by atoms with Crippen molar-refractivity contribution < 1.29 is 4.74 Å². The van der Waals surface area contributed by atoms with Crippen LogP contribution in [0.3, 0.4) is 0 Å². The van der Waals surface area contributed by atoms with Crippen LogP contribution in [0.1, 0.15) is 56.6 Å². The van der Waals surface area contributed by atoms with Gasteiger partial charge in [0.25, 0.3) is 5.56 Å². The Bertz CT molecular complexity index is 473. The van der Waals surface area contributed by atoms with Crippen molar-refractivity contribution in [3.8, 4) is 0 Å². The summed E-state index contributed by atoms with van der Waals surface area (Å²) in [6, 6.07) is 0. The van der Waals surface area contributed by atoms with Gasteiger partial charge in [0.2, 0.25) is 0 Å². The van der Waals surface area contributed by atoms with Gasteiger partial charge in [-0.1, -0.05) is 6.92 Å². The predicted molar refractivity (Wildman–Crippen MR) is 70.7 cm³/mol. The maximum atomic E-state index is 12.0. The molecular weight excluding hydrogens is 228 g/mol. The van der Waals surface area contributed by atoms with E-state index in [1.807, 2.05) is 20.8 Å². The van der Waals surface area contributed by atoms with Crippen LogP contribution in [-0.4, -0.2) is 16.6 Å². The van der Waals surface area contributed by atoms with Gasteiger partial charge in [0.1, 0.15) is 11.4 Å². The molecule has 1 aliphatic rings. The van der Waals surface area contributed by atoms with Crippen LogP contribution < -0.4 is 5.56 Å². The maximum absolute atomic E-state index is 12.0. The third-order valence-corrected chi connectivity index (χ3v) is 3.85. The Morgan fingerprint density at radius 2 is 2.00 bits per heavy atom. The van der Waals surface area contributed by atoms with Gasteiger partial charge in [-0.2, -0.15) is 0 Å². The highest BCUT2D eigenvalue weighted by Crippen LogP contribution is 2.40. The first-order valence-corrected chi connectivity index (χ1v) is 6.87. The zero-order valence-corrected chi connectivity index (χ0v) is 11.5. The molecule has 4 nitrogen and oxygen atoms in total. The van der Waals surface area contributed by atoms with Gasteiger partial charge in [-0.25, -0.2) is 4.98 Å². The first kappa shape index (κ1) is 13.3. The van der Waals surface area contributed by atoms with Crippen LogP contribution in [0.5, 0.6) is 0 Å². The van der Waals surface area contributed by atoms with E-state index in [1.54, 1.807) is 0 Å². The van der Waals surface area contributed by atoms with Gasteiger partial charge in [-0.05, 0) is 46.0 Å². The van der Waals surface area contributed by atoms with Gasteiger partial charge in [0, 0.05) is 12.2 Å². The van der Waals surface area contributed by atoms with E-state index in [-0.39, 0.29) is 11.2 Å². The molecule has 4 heteroatoms. The van der Waals surface area contributed by atoms with Crippen molar-refractivity contribution in [3.05, 3.63) is 27.4 Å². The summed E-state index contributed by atoms with van der Waals surface area (Å²) >= 11 is 0. The second-order valence-electron chi connectivity index (χ2n) is 4.97. The summed E-state index contributed by atoms with van der Waals surface area (Å²) in [5, 5.41) is 0. The van der Waals surface area contributed by atoms with Crippen molar-refractivity contribution in [3.63, 3.8) is 0 Å². The highest BCUT2D eigenvalue weighted by atomic mass is 16.5. The zero-order valence-electron chi connectivity index (χ0n) is 11.5. The molecule has 0 unspecified atom stereocenters. The molecule has 0 saturated heterocycles. The Morgan fingerprint density at radius 1 is 1.33 bits per heavy atom. The van der Waals surface area contributed by atoms with Crippen LogP contribution in [0.2, 0.25) is 0 Å². The van der Waals surface area contributed by atoms with Crippen molar-refractivity contribution in [2.45, 2.75) is 58.5 Å². The van der Waals surface area contributed by atoms with Gasteiger partial charge >= 0.3 is 0 Å². The fourth-order valence-corrected chi connectivity index (χ4v) is 2.81. The fourth-order valence-electron chi connectivity index (χ4n) is 2.81. The molecule has 0 aromatic carbocycles. The quantitative estimate of drug-likeness (QED) is 0.893. The van der Waals surface area contributed by atoms with Crippen LogP contribution in [0.4, 0.5) is 0 Å². The summed E-state index contributed by atoms with van der Waals surface area (Å²) in [5.74, 6) is 0.731. The number of hydrogen-bond acceptors (Lipinski definition) is 3. The summed E-state index contributed by atoms with van der Waals surface area (Å²) in [6.45, 7) is 6.50. The monoisotopic (exact) mass is 250 g/mol. The van der Waals surface area contributed by atoms with Gasteiger partial charge in [0.05, 0.1) is 5.69 Å². The molecule has 100 valence electrons. The van der Waals surface area contributed by atoms with Crippen molar-refractivity contribution in [2.75, 3.05) is 6.61 Å². The maximum Gasteiger partial charge on any atom is 0.254 e. The number of aromatic nitrogens is 2. The number of hydrogen-bond donors (Lipinski definition) is 1. The normalized spacial score (nSPS) is 18.2. The van der Waals surface area contributed by atoms with E-state index in [1.165, 1.54) is 0 Å². The van der Waals surface area contributed by atoms with Crippen molar-refractivity contribution in [2.24, 2.45) is 0 Å². The van der Waals surface area contributed by atoms with Gasteiger partial charge in [-0.15, -0.1) is 0 Å². The Morgan fingerprint density at radius 3 is 2.56 bits per heavy atom. The van der Waals surface area contributed by atoms with Crippen molar-refractivity contribution >= 4 is 0 Å². The van der Waals surface area contributed by atoms with E-state index in [2.05, 4.69) is 9.97 Å². The van der Waals surface area contributed by atoms with Gasteiger partial charge in [0.15, 0.2) is 0 Å². The Balaban J connectivity index is 2.48. The molecule has 0 aliphatic heterocycles. The molecule has 1 saturated carbocycles. The highest BCUT2D eigenvalue weighted by molar-refractivity contribution is 5.19. The Labute approximate surface area is 108 Å². The largest absolute Gasteiger partial charge is 0.367 e. The highest BCUT2D eigenvalue weighted by Gasteiger charge is 2.39. The topological polar surface area (TPSA) is 55.0 Å². The van der Waals surface area contributed by atoms with E-state index in [4.69, 9.17) is 4.74 Å². The first-order valence-electron chi connectivity index (χ1n) is 6.87. The number of ether oxygens (including phenoxy) is 1. The number of aryl methyl sites for hydroxylation is 1. The lowest BCUT2D eigenvalue weighted by Gasteiger charge is -2.28. The Hall–Kier alpha value is -1.16. The minimum atomic E-state index is -0.356. The molecule has 1 aliphatic carbocycles. The van der Waals surface area contributed by atoms with E-state index < -0.39 is 0 Å². The minimum Gasteiger partial charge on any atom is -0.367 e. The second kappa shape index (κ2) is 5.22. The smallest absolute Gasteiger partial charge is 0.254 e. The number of rotatable bonds is 4. The lowest BCUT2D eigenvalue weighted by Crippen LogP contribution is -2.32. The molecule has 18 heavy (non-hydrogen) atoms. The molecule has 1 N–H and O–H groups in total. The molecule has 0 atom stereocenters. The molecule has 0 radical (unpaired) electrons. The minimum absolute atomic E-state index is 0.0252. The number of nitrogens with zero attached hydrogens (tertiary/aromatic N) is 1. The molecule has 1 fully saturated rings. The number of nitrogens with one attached hydrogen (secondary N) is 1. The van der Waals surface area contributed by atoms with E-state index in [9.17, 15) is 4.79 Å². The average Bonchev–Trinajstić information content (AvgIpc) is 2.82. The molecule has 0 amide bonds. The molecule has 1 heterocycles. The average molecular weight is 250 g/mol. The summed E-state index contributed by atoms with van der Waals surface area (Å²) in [6.07, 6.45) is 4.97. The van der Waals surface area contributed by atoms with Crippen molar-refractivity contribution in [1.82, 2.24) is 9.97 Å². The third kappa shape index (κ3) is 2.21. The lowest BCUT2D eigenvalue weighted by molar-refractivity contribution is -0.0460. The summed E-state index contributed by atoms with van der Waals surface area (Å²) in [7, 11) is 0. The SMILES string of the molecule is CCOC1(c2nc(CC)c(C)c(=O)[nH]2)CCCC1. The molecule has 2 rings (SSSR count). The predicted octanol–water partition coefficient (Wildman–Crippen LogP) is 2.45. The van der Waals surface area contributed by atoms with Gasteiger partial charge < -0.3 is 9.72 Å². The summed E-state index contributed by atoms with van der Waals surface area (Å²) in [4.78, 5) is 19.5. The number of aromatic amines is 1. The fraction of sp³-hybridized carbons (Fsp3) is 0.714. The molecule has 0 bridgehead atoms. The third-order valence-electron chi connectivity index (χ3n) is 3.85. The van der Waals surface area contributed by atoms with Gasteiger partial charge in [-0.3, -0.25) is 4.79 Å². The second-order valence-corrected chi connectivity index (χ2v) is 4.97. The van der Waals surface area contributed by atoms with Crippen LogP contribution in [0, 0.1) is 6.92 Å². The standard InChI is InChI=1S/C14H22N2O2/c1-4-11-10(3)12(17)16-13(15-11)14(18-5-2)8-6-7-9-14/h4-9H2,1-3H3,(H,15,16,17). The molecule has 1 aromatic heterocycles. The van der Waals surface area contributed by atoms with Crippen LogP contribution in [0.25, 0.3) is 0 Å². The first-order chi connectivity index (χ1) is 8.63. The van der Waals surface area contributed by atoms with E-state index >= 15 is 0 Å². The zero-order chi connectivity index (χ0) is 13.2. The van der Waals surface area contributed by atoms with Crippen LogP contribution >= 0.6 is 0 Å².